The average molecular weight is 358 g/mol. The van der Waals surface area contributed by atoms with Gasteiger partial charge in [0.15, 0.2) is 0 Å². The third-order valence-corrected chi connectivity index (χ3v) is 5.43. The van der Waals surface area contributed by atoms with Crippen molar-refractivity contribution < 1.29 is 4.79 Å². The highest BCUT2D eigenvalue weighted by Gasteiger charge is 2.48. The van der Waals surface area contributed by atoms with Crippen LogP contribution in [0.15, 0.2) is 36.0 Å². The summed E-state index contributed by atoms with van der Waals surface area (Å²) in [5, 5.41) is 12.8. The van der Waals surface area contributed by atoms with Crippen LogP contribution < -0.4 is 5.32 Å². The maximum atomic E-state index is 12.5. The fourth-order valence-electron chi connectivity index (χ4n) is 4.72. The molecule has 0 radical (unpaired) electrons. The van der Waals surface area contributed by atoms with Crippen LogP contribution in [0.1, 0.15) is 40.0 Å². The lowest BCUT2D eigenvalue weighted by atomic mass is 9.65. The van der Waals surface area contributed by atoms with E-state index in [0.29, 0.717) is 22.2 Å². The molecular weight excluding hydrogens is 334 g/mol. The number of benzene rings is 1. The largest absolute Gasteiger partial charge is 0.373 e. The highest BCUT2D eigenvalue weighted by atomic mass is 35.5. The molecule has 1 aliphatic carbocycles. The van der Waals surface area contributed by atoms with Crippen LogP contribution in [0.5, 0.6) is 0 Å². The third kappa shape index (κ3) is 3.99. The van der Waals surface area contributed by atoms with E-state index in [1.807, 2.05) is 0 Å². The standard InChI is InChI=1S/C20H24ClN3O/c1-19(2)8-17-9-20(3,12-19)13-24(17)11-14(10-22)18(25)23-16-6-4-5-15(21)7-16/h4-7,11,17H,8-9,12-13H2,1-3H3,(H,23,25)/b14-11-. The van der Waals surface area contributed by atoms with Gasteiger partial charge in [0.1, 0.15) is 11.6 Å². The van der Waals surface area contributed by atoms with Crippen molar-refractivity contribution >= 4 is 23.2 Å². The summed E-state index contributed by atoms with van der Waals surface area (Å²) in [4.78, 5) is 14.7. The van der Waals surface area contributed by atoms with E-state index in [4.69, 9.17) is 11.6 Å². The number of rotatable bonds is 3. The van der Waals surface area contributed by atoms with Crippen LogP contribution >= 0.6 is 11.6 Å². The van der Waals surface area contributed by atoms with Gasteiger partial charge in [-0.2, -0.15) is 5.26 Å². The predicted molar refractivity (Wildman–Crippen MR) is 100 cm³/mol. The number of fused-ring (bicyclic) bond motifs is 2. The molecule has 132 valence electrons. The van der Waals surface area contributed by atoms with Crippen molar-refractivity contribution in [3.63, 3.8) is 0 Å². The molecule has 3 rings (SSSR count). The first-order chi connectivity index (χ1) is 11.7. The highest BCUT2D eigenvalue weighted by Crippen LogP contribution is 2.52. The molecule has 1 heterocycles. The number of amides is 1. The second kappa shape index (κ2) is 6.38. The molecule has 2 atom stereocenters. The first-order valence-corrected chi connectivity index (χ1v) is 9.02. The molecule has 1 aromatic rings. The summed E-state index contributed by atoms with van der Waals surface area (Å²) in [5.74, 6) is -0.393. The minimum absolute atomic E-state index is 0.133. The molecule has 25 heavy (non-hydrogen) atoms. The molecule has 1 aromatic carbocycles. The smallest absolute Gasteiger partial charge is 0.267 e. The number of hydrogen-bond donors (Lipinski definition) is 1. The Morgan fingerprint density at radius 1 is 1.40 bits per heavy atom. The van der Waals surface area contributed by atoms with Crippen molar-refractivity contribution in [3.8, 4) is 6.07 Å². The fourth-order valence-corrected chi connectivity index (χ4v) is 4.91. The molecule has 1 saturated carbocycles. The Hall–Kier alpha value is -1.99. The first kappa shape index (κ1) is 17.8. The summed E-state index contributed by atoms with van der Waals surface area (Å²) in [5.41, 5.74) is 1.28. The molecule has 2 fully saturated rings. The Balaban J connectivity index is 1.77. The van der Waals surface area contributed by atoms with Gasteiger partial charge in [0.25, 0.3) is 5.91 Å². The van der Waals surface area contributed by atoms with Crippen LogP contribution in [0.3, 0.4) is 0 Å². The summed E-state index contributed by atoms with van der Waals surface area (Å²) in [6.07, 6.45) is 5.14. The predicted octanol–water partition coefficient (Wildman–Crippen LogP) is 4.59. The molecule has 0 spiro atoms. The Kier molecular flexibility index (Phi) is 4.55. The molecule has 2 unspecified atom stereocenters. The van der Waals surface area contributed by atoms with Crippen molar-refractivity contribution in [3.05, 3.63) is 41.1 Å². The van der Waals surface area contributed by atoms with Gasteiger partial charge in [-0.15, -0.1) is 0 Å². The molecule has 1 aliphatic heterocycles. The summed E-state index contributed by atoms with van der Waals surface area (Å²) in [7, 11) is 0. The molecule has 5 heteroatoms. The van der Waals surface area contributed by atoms with Crippen molar-refractivity contribution in [1.82, 2.24) is 4.90 Å². The van der Waals surface area contributed by atoms with E-state index in [1.54, 1.807) is 30.5 Å². The zero-order chi connectivity index (χ0) is 18.2. The lowest BCUT2D eigenvalue weighted by Gasteiger charge is -2.39. The monoisotopic (exact) mass is 357 g/mol. The molecular formula is C20H24ClN3O. The number of carbonyl (C=O) groups excluding carboxylic acids is 1. The number of nitrogens with zero attached hydrogens (tertiary/aromatic N) is 2. The van der Waals surface area contributed by atoms with Crippen LogP contribution in [0.4, 0.5) is 5.69 Å². The van der Waals surface area contributed by atoms with Gasteiger partial charge >= 0.3 is 0 Å². The maximum Gasteiger partial charge on any atom is 0.267 e. The van der Waals surface area contributed by atoms with Crippen molar-refractivity contribution in [2.24, 2.45) is 10.8 Å². The minimum atomic E-state index is -0.393. The quantitative estimate of drug-likeness (QED) is 0.636. The number of likely N-dealkylation sites (tertiary alicyclic amines) is 1. The topological polar surface area (TPSA) is 56.1 Å². The van der Waals surface area contributed by atoms with E-state index in [1.165, 1.54) is 6.42 Å². The summed E-state index contributed by atoms with van der Waals surface area (Å²) >= 11 is 5.94. The third-order valence-electron chi connectivity index (χ3n) is 5.20. The molecule has 0 aromatic heterocycles. The molecule has 2 bridgehead atoms. The molecule has 1 saturated heterocycles. The van der Waals surface area contributed by atoms with Crippen molar-refractivity contribution in [2.45, 2.75) is 46.1 Å². The van der Waals surface area contributed by atoms with Gasteiger partial charge in [0.05, 0.1) is 0 Å². The number of carbonyl (C=O) groups is 1. The second-order valence-corrected chi connectivity index (χ2v) is 8.94. The number of nitrogens with one attached hydrogen (secondary N) is 1. The Morgan fingerprint density at radius 2 is 2.16 bits per heavy atom. The van der Waals surface area contributed by atoms with Gasteiger partial charge in [-0.3, -0.25) is 4.79 Å². The Labute approximate surface area is 154 Å². The summed E-state index contributed by atoms with van der Waals surface area (Å²) in [6, 6.07) is 9.38. The summed E-state index contributed by atoms with van der Waals surface area (Å²) < 4.78 is 0. The Bertz CT molecular complexity index is 764. The molecule has 2 aliphatic rings. The van der Waals surface area contributed by atoms with E-state index in [0.717, 1.165) is 19.4 Å². The van der Waals surface area contributed by atoms with E-state index >= 15 is 0 Å². The maximum absolute atomic E-state index is 12.5. The van der Waals surface area contributed by atoms with E-state index in [-0.39, 0.29) is 11.0 Å². The zero-order valence-corrected chi connectivity index (χ0v) is 15.7. The highest BCUT2D eigenvalue weighted by molar-refractivity contribution is 6.31. The van der Waals surface area contributed by atoms with Gasteiger partial charge in [0, 0.05) is 29.5 Å². The molecule has 4 nitrogen and oxygen atoms in total. The lowest BCUT2D eigenvalue weighted by Crippen LogP contribution is -2.33. The van der Waals surface area contributed by atoms with Crippen LogP contribution in [-0.2, 0) is 4.79 Å². The molecule has 1 amide bonds. The van der Waals surface area contributed by atoms with Gasteiger partial charge < -0.3 is 10.2 Å². The van der Waals surface area contributed by atoms with Crippen LogP contribution in [0.25, 0.3) is 0 Å². The number of nitriles is 1. The number of halogens is 1. The van der Waals surface area contributed by atoms with Crippen LogP contribution in [0, 0.1) is 22.2 Å². The van der Waals surface area contributed by atoms with Crippen molar-refractivity contribution in [1.29, 1.82) is 5.26 Å². The van der Waals surface area contributed by atoms with Crippen LogP contribution in [0.2, 0.25) is 5.02 Å². The normalized spacial score (nSPS) is 27.7. The van der Waals surface area contributed by atoms with Gasteiger partial charge in [-0.25, -0.2) is 0 Å². The molecule has 1 N–H and O–H groups in total. The second-order valence-electron chi connectivity index (χ2n) is 8.51. The van der Waals surface area contributed by atoms with E-state index in [2.05, 4.69) is 37.1 Å². The number of anilines is 1. The lowest BCUT2D eigenvalue weighted by molar-refractivity contribution is -0.112. The van der Waals surface area contributed by atoms with Crippen molar-refractivity contribution in [2.75, 3.05) is 11.9 Å². The Morgan fingerprint density at radius 3 is 2.84 bits per heavy atom. The van der Waals surface area contributed by atoms with Crippen LogP contribution in [-0.4, -0.2) is 23.4 Å². The van der Waals surface area contributed by atoms with E-state index < -0.39 is 5.91 Å². The van der Waals surface area contributed by atoms with Gasteiger partial charge in [-0.1, -0.05) is 38.4 Å². The summed E-state index contributed by atoms with van der Waals surface area (Å²) in [6.45, 7) is 7.83. The minimum Gasteiger partial charge on any atom is -0.373 e. The van der Waals surface area contributed by atoms with Gasteiger partial charge in [-0.05, 0) is 48.3 Å². The SMILES string of the molecule is CC1(C)CC2CC(C)(CN2/C=C(/C#N)C(=O)Nc2cccc(Cl)c2)C1. The number of hydrogen-bond acceptors (Lipinski definition) is 3. The zero-order valence-electron chi connectivity index (χ0n) is 15.0. The fraction of sp³-hybridized carbons (Fsp3) is 0.500. The van der Waals surface area contributed by atoms with E-state index in [9.17, 15) is 10.1 Å². The first-order valence-electron chi connectivity index (χ1n) is 8.64. The average Bonchev–Trinajstić information content (AvgIpc) is 2.72. The van der Waals surface area contributed by atoms with Gasteiger partial charge in [0.2, 0.25) is 0 Å².